The van der Waals surface area contributed by atoms with Crippen LogP contribution in [-0.4, -0.2) is 29.8 Å². The van der Waals surface area contributed by atoms with Gasteiger partial charge in [0.1, 0.15) is 11.7 Å². The number of amides is 2. The third kappa shape index (κ3) is 4.54. The molecule has 0 spiro atoms. The first-order valence-electron chi connectivity index (χ1n) is 7.55. The molecular formula is C17H18N4O4. The highest BCUT2D eigenvalue weighted by Gasteiger charge is 2.21. The molecule has 130 valence electrons. The van der Waals surface area contributed by atoms with Gasteiger partial charge in [-0.3, -0.25) is 19.7 Å². The van der Waals surface area contributed by atoms with E-state index in [0.29, 0.717) is 5.69 Å². The van der Waals surface area contributed by atoms with E-state index in [9.17, 15) is 19.7 Å². The van der Waals surface area contributed by atoms with E-state index in [1.807, 2.05) is 6.07 Å². The second-order valence-electron chi connectivity index (χ2n) is 5.29. The predicted octanol–water partition coefficient (Wildman–Crippen LogP) is 2.39. The van der Waals surface area contributed by atoms with E-state index in [4.69, 9.17) is 0 Å². The number of benzene rings is 2. The minimum Gasteiger partial charge on any atom is -0.368 e. The van der Waals surface area contributed by atoms with Crippen molar-refractivity contribution in [3.63, 3.8) is 0 Å². The maximum Gasteiger partial charge on any atom is 0.293 e. The van der Waals surface area contributed by atoms with Crippen LogP contribution in [0.3, 0.4) is 0 Å². The first kappa shape index (κ1) is 17.9. The average molecular weight is 342 g/mol. The summed E-state index contributed by atoms with van der Waals surface area (Å²) in [5, 5.41) is 19.2. The molecule has 3 N–H and O–H groups in total. The van der Waals surface area contributed by atoms with Gasteiger partial charge in [0.05, 0.1) is 4.92 Å². The van der Waals surface area contributed by atoms with Crippen LogP contribution in [0.4, 0.5) is 17.1 Å². The summed E-state index contributed by atoms with van der Waals surface area (Å²) in [6, 6.07) is 12.2. The van der Waals surface area contributed by atoms with Crippen LogP contribution in [-0.2, 0) is 4.79 Å². The Bertz CT molecular complexity index is 792. The van der Waals surface area contributed by atoms with Gasteiger partial charge in [0.15, 0.2) is 0 Å². The lowest BCUT2D eigenvalue weighted by Gasteiger charge is -2.15. The molecule has 25 heavy (non-hydrogen) atoms. The van der Waals surface area contributed by atoms with Gasteiger partial charge in [-0.05, 0) is 31.2 Å². The van der Waals surface area contributed by atoms with Crippen LogP contribution in [0.25, 0.3) is 0 Å². The summed E-state index contributed by atoms with van der Waals surface area (Å²) in [5.74, 6) is -0.764. The van der Waals surface area contributed by atoms with Crippen LogP contribution < -0.4 is 16.0 Å². The number of rotatable bonds is 6. The fourth-order valence-corrected chi connectivity index (χ4v) is 2.16. The third-order valence-corrected chi connectivity index (χ3v) is 3.49. The molecule has 0 heterocycles. The molecule has 8 heteroatoms. The van der Waals surface area contributed by atoms with Crippen LogP contribution in [0.5, 0.6) is 0 Å². The lowest BCUT2D eigenvalue weighted by atomic mass is 10.1. The third-order valence-electron chi connectivity index (χ3n) is 3.49. The molecule has 0 aromatic heterocycles. The molecule has 2 rings (SSSR count). The molecule has 0 fully saturated rings. The number of anilines is 2. The predicted molar refractivity (Wildman–Crippen MR) is 94.6 cm³/mol. The SMILES string of the molecule is CNC(=O)c1ccc(NC(C)C(=O)Nc2ccccc2)c([N+](=O)[O-])c1. The molecule has 0 bridgehead atoms. The number of carbonyl (C=O) groups excluding carboxylic acids is 2. The fourth-order valence-electron chi connectivity index (χ4n) is 2.16. The van der Waals surface area contributed by atoms with E-state index in [1.165, 1.54) is 25.2 Å². The Kier molecular flexibility index (Phi) is 5.67. The van der Waals surface area contributed by atoms with Crippen molar-refractivity contribution in [3.05, 3.63) is 64.2 Å². The van der Waals surface area contributed by atoms with Crippen molar-refractivity contribution in [1.82, 2.24) is 5.32 Å². The maximum atomic E-state index is 12.2. The van der Waals surface area contributed by atoms with Crippen LogP contribution in [0, 0.1) is 10.1 Å². The highest BCUT2D eigenvalue weighted by molar-refractivity contribution is 5.98. The molecule has 0 saturated heterocycles. The van der Waals surface area contributed by atoms with Crippen molar-refractivity contribution in [2.75, 3.05) is 17.7 Å². The monoisotopic (exact) mass is 342 g/mol. The van der Waals surface area contributed by atoms with E-state index in [0.717, 1.165) is 0 Å². The molecule has 8 nitrogen and oxygen atoms in total. The Morgan fingerprint density at radius 3 is 2.40 bits per heavy atom. The van der Waals surface area contributed by atoms with Gasteiger partial charge in [-0.1, -0.05) is 18.2 Å². The van der Waals surface area contributed by atoms with Crippen LogP contribution in [0.15, 0.2) is 48.5 Å². The largest absolute Gasteiger partial charge is 0.368 e. The summed E-state index contributed by atoms with van der Waals surface area (Å²) in [7, 11) is 1.44. The quantitative estimate of drug-likeness (QED) is 0.551. The molecule has 0 radical (unpaired) electrons. The zero-order valence-corrected chi connectivity index (χ0v) is 13.8. The molecule has 1 atom stereocenters. The van der Waals surface area contributed by atoms with E-state index >= 15 is 0 Å². The Hall–Kier alpha value is -3.42. The maximum absolute atomic E-state index is 12.2. The Morgan fingerprint density at radius 2 is 1.80 bits per heavy atom. The average Bonchev–Trinajstić information content (AvgIpc) is 2.61. The first-order valence-corrected chi connectivity index (χ1v) is 7.55. The van der Waals surface area contributed by atoms with E-state index < -0.39 is 16.9 Å². The molecule has 0 aliphatic rings. The minimum absolute atomic E-state index is 0.161. The molecule has 1 unspecified atom stereocenters. The van der Waals surface area contributed by atoms with Gasteiger partial charge < -0.3 is 16.0 Å². The van der Waals surface area contributed by atoms with Crippen molar-refractivity contribution >= 4 is 28.9 Å². The van der Waals surface area contributed by atoms with Crippen LogP contribution in [0.2, 0.25) is 0 Å². The highest BCUT2D eigenvalue weighted by atomic mass is 16.6. The van der Waals surface area contributed by atoms with Crippen LogP contribution >= 0.6 is 0 Å². The summed E-state index contributed by atoms with van der Waals surface area (Å²) in [5.41, 5.74) is 0.681. The zero-order chi connectivity index (χ0) is 18.4. The van der Waals surface area contributed by atoms with Crippen LogP contribution in [0.1, 0.15) is 17.3 Å². The molecular weight excluding hydrogens is 324 g/mol. The number of carbonyl (C=O) groups is 2. The summed E-state index contributed by atoms with van der Waals surface area (Å²) in [4.78, 5) is 34.5. The summed E-state index contributed by atoms with van der Waals surface area (Å²) >= 11 is 0. The number of para-hydroxylation sites is 1. The second-order valence-corrected chi connectivity index (χ2v) is 5.29. The fraction of sp³-hybridized carbons (Fsp3) is 0.176. The molecule has 0 aliphatic heterocycles. The second kappa shape index (κ2) is 7.91. The number of hydrogen-bond acceptors (Lipinski definition) is 5. The zero-order valence-electron chi connectivity index (χ0n) is 13.8. The Balaban J connectivity index is 2.16. The van der Waals surface area contributed by atoms with Crippen molar-refractivity contribution < 1.29 is 14.5 Å². The number of nitrogens with zero attached hydrogens (tertiary/aromatic N) is 1. The highest BCUT2D eigenvalue weighted by Crippen LogP contribution is 2.26. The topological polar surface area (TPSA) is 113 Å². The molecule has 0 saturated carbocycles. The van der Waals surface area contributed by atoms with Gasteiger partial charge >= 0.3 is 0 Å². The summed E-state index contributed by atoms with van der Waals surface area (Å²) in [6.07, 6.45) is 0. The lowest BCUT2D eigenvalue weighted by molar-refractivity contribution is -0.384. The minimum atomic E-state index is -0.718. The molecule has 2 aromatic carbocycles. The van der Waals surface area contributed by atoms with Gasteiger partial charge in [0.2, 0.25) is 5.91 Å². The van der Waals surface area contributed by atoms with Gasteiger partial charge in [-0.2, -0.15) is 0 Å². The summed E-state index contributed by atoms with van der Waals surface area (Å²) in [6.45, 7) is 1.59. The Morgan fingerprint density at radius 1 is 1.12 bits per heavy atom. The van der Waals surface area contributed by atoms with Crippen molar-refractivity contribution in [2.45, 2.75) is 13.0 Å². The van der Waals surface area contributed by atoms with E-state index in [1.54, 1.807) is 31.2 Å². The van der Waals surface area contributed by atoms with Gasteiger partial charge in [-0.15, -0.1) is 0 Å². The molecule has 2 aromatic rings. The van der Waals surface area contributed by atoms with Gasteiger partial charge in [0, 0.05) is 24.4 Å². The summed E-state index contributed by atoms with van der Waals surface area (Å²) < 4.78 is 0. The van der Waals surface area contributed by atoms with Gasteiger partial charge in [0.25, 0.3) is 11.6 Å². The van der Waals surface area contributed by atoms with Crippen molar-refractivity contribution in [2.24, 2.45) is 0 Å². The first-order chi connectivity index (χ1) is 11.9. The Labute approximate surface area is 144 Å². The van der Waals surface area contributed by atoms with E-state index in [2.05, 4.69) is 16.0 Å². The van der Waals surface area contributed by atoms with Crippen molar-refractivity contribution in [3.8, 4) is 0 Å². The number of nitro benzene ring substituents is 1. The van der Waals surface area contributed by atoms with Crippen molar-refractivity contribution in [1.29, 1.82) is 0 Å². The van der Waals surface area contributed by atoms with Gasteiger partial charge in [-0.25, -0.2) is 0 Å². The molecule has 2 amide bonds. The number of nitro groups is 1. The number of nitrogens with one attached hydrogen (secondary N) is 3. The van der Waals surface area contributed by atoms with E-state index in [-0.39, 0.29) is 22.8 Å². The smallest absolute Gasteiger partial charge is 0.293 e. The molecule has 0 aliphatic carbocycles. The lowest BCUT2D eigenvalue weighted by Crippen LogP contribution is -2.32. The standard InChI is InChI=1S/C17H18N4O4/c1-11(16(22)20-13-6-4-3-5-7-13)19-14-9-8-12(17(23)18-2)10-15(14)21(24)25/h3-11,19H,1-2H3,(H,18,23)(H,20,22). The number of hydrogen-bond donors (Lipinski definition) is 3. The normalized spacial score (nSPS) is 11.3.